The Morgan fingerprint density at radius 1 is 1.33 bits per heavy atom. The number of aliphatic carboxylic acids is 1. The summed E-state index contributed by atoms with van der Waals surface area (Å²) in [5, 5.41) is 47.4. The van der Waals surface area contributed by atoms with Gasteiger partial charge in [-0.3, -0.25) is 14.5 Å². The number of carboxylic acid groups (broad SMARTS) is 1. The maximum absolute atomic E-state index is 13.1. The van der Waals surface area contributed by atoms with Gasteiger partial charge in [-0.15, -0.1) is 39.7 Å². The number of aromatic hydroxyl groups is 2. The minimum atomic E-state index is -1.52. The van der Waals surface area contributed by atoms with Crippen LogP contribution in [0.25, 0.3) is 10.6 Å². The number of carbonyl (C=O) groups is 3. The van der Waals surface area contributed by atoms with Crippen molar-refractivity contribution in [3.8, 4) is 34.4 Å². The quantitative estimate of drug-likeness (QED) is 0.0252. The zero-order valence-corrected chi connectivity index (χ0v) is 27.3. The third-order valence-corrected chi connectivity index (χ3v) is 10.0. The molecule has 14 nitrogen and oxygen atoms in total. The summed E-state index contributed by atoms with van der Waals surface area (Å²) in [4.78, 5) is 48.3. The molecule has 0 aliphatic carbocycles. The molecule has 1 saturated heterocycles. The molecule has 43 heavy (non-hydrogen) atoms. The second-order valence-electron chi connectivity index (χ2n) is 8.45. The van der Waals surface area contributed by atoms with E-state index in [9.17, 15) is 29.7 Å². The number of hydrogen-bond acceptors (Lipinski definition) is 16. The van der Waals surface area contributed by atoms with Crippen molar-refractivity contribution in [2.45, 2.75) is 15.8 Å². The van der Waals surface area contributed by atoms with Crippen molar-refractivity contribution in [1.82, 2.24) is 25.4 Å². The molecular formula is C24H18N7NaO7S4. The number of phenols is 2. The number of nitrogens with two attached hydrogens (primary N) is 1. The van der Waals surface area contributed by atoms with Gasteiger partial charge in [-0.2, -0.15) is 0 Å². The molecule has 216 valence electrons. The van der Waals surface area contributed by atoms with Crippen LogP contribution in [0.4, 0.5) is 5.13 Å². The number of carboxylic acids is 1. The molecule has 5 rings (SSSR count). The first kappa shape index (κ1) is 32.6. The number of rotatable bonds is 10. The minimum absolute atomic E-state index is 0. The Labute approximate surface area is 282 Å². The maximum Gasteiger partial charge on any atom is 1.00 e. The Morgan fingerprint density at radius 2 is 2.12 bits per heavy atom. The molecule has 19 heteroatoms. The van der Waals surface area contributed by atoms with Crippen LogP contribution < -0.4 is 45.7 Å². The molecule has 0 bridgehead atoms. The molecule has 0 saturated carbocycles. The van der Waals surface area contributed by atoms with Gasteiger partial charge < -0.3 is 36.0 Å². The van der Waals surface area contributed by atoms with E-state index in [1.54, 1.807) is 6.07 Å². The summed E-state index contributed by atoms with van der Waals surface area (Å²) in [5.74, 6) is -0.818. The second kappa shape index (κ2) is 14.0. The molecule has 2 amide bonds. The number of benzene rings is 1. The number of phenolic OH excluding ortho intramolecular Hbond substituents is 2. The molecular weight excluding hydrogens is 650 g/mol. The molecule has 2 aliphatic rings. The largest absolute Gasteiger partial charge is 1.00 e. The number of hydrogen-bond donors (Lipinski definition) is 4. The van der Waals surface area contributed by atoms with Crippen molar-refractivity contribution in [2.75, 3.05) is 23.8 Å². The fourth-order valence-electron chi connectivity index (χ4n) is 3.92. The summed E-state index contributed by atoms with van der Waals surface area (Å²) in [6.07, 6.45) is 5.16. The first-order chi connectivity index (χ1) is 20.2. The number of nitrogens with zero attached hydrogens (tertiary/aromatic N) is 5. The molecule has 0 unspecified atom stereocenters. The van der Waals surface area contributed by atoms with Crippen molar-refractivity contribution in [3.05, 3.63) is 40.5 Å². The van der Waals surface area contributed by atoms with Gasteiger partial charge in [0, 0.05) is 22.4 Å². The molecule has 3 aromatic rings. The van der Waals surface area contributed by atoms with E-state index >= 15 is 0 Å². The summed E-state index contributed by atoms with van der Waals surface area (Å²) in [6.45, 7) is -0.204. The first-order valence-electron chi connectivity index (χ1n) is 11.7. The number of terminal acetylenes is 1. The Hall–Kier alpha value is -3.31. The number of β-lactam (4-membered cyclic amide) rings is 1. The van der Waals surface area contributed by atoms with Crippen molar-refractivity contribution >= 4 is 74.8 Å². The fraction of sp³-hybridized carbons (Fsp3) is 0.208. The van der Waals surface area contributed by atoms with E-state index < -0.39 is 29.2 Å². The van der Waals surface area contributed by atoms with Crippen LogP contribution >= 0.6 is 46.2 Å². The van der Waals surface area contributed by atoms with Gasteiger partial charge >= 0.3 is 29.6 Å². The Bertz CT molecular complexity index is 1690. The van der Waals surface area contributed by atoms with Gasteiger partial charge in [-0.05, 0) is 23.8 Å². The van der Waals surface area contributed by atoms with Gasteiger partial charge in [0.25, 0.3) is 11.8 Å². The minimum Gasteiger partial charge on any atom is -0.543 e. The molecule has 1 fully saturated rings. The van der Waals surface area contributed by atoms with Crippen molar-refractivity contribution in [3.63, 3.8) is 0 Å². The Balaban J connectivity index is 0.00000423. The second-order valence-corrected chi connectivity index (χ2v) is 12.6. The van der Waals surface area contributed by atoms with E-state index in [-0.39, 0.29) is 81.4 Å². The number of carbonyl (C=O) groups excluding carboxylic acids is 3. The smallest absolute Gasteiger partial charge is 0.543 e. The van der Waals surface area contributed by atoms with Crippen LogP contribution in [0.3, 0.4) is 0 Å². The van der Waals surface area contributed by atoms with Gasteiger partial charge in [0.15, 0.2) is 33.3 Å². The Morgan fingerprint density at radius 3 is 2.79 bits per heavy atom. The number of nitrogen functional groups attached to an aromatic ring is 1. The summed E-state index contributed by atoms with van der Waals surface area (Å²) < 4.78 is 0.525. The average Bonchev–Trinajstić information content (AvgIpc) is 3.62. The van der Waals surface area contributed by atoms with Gasteiger partial charge in [-0.1, -0.05) is 34.2 Å². The van der Waals surface area contributed by atoms with E-state index in [1.165, 1.54) is 52.4 Å². The normalized spacial score (nSPS) is 17.8. The summed E-state index contributed by atoms with van der Waals surface area (Å²) >= 11 is 4.80. The van der Waals surface area contributed by atoms with Crippen molar-refractivity contribution < 1.29 is 64.1 Å². The SMILES string of the molecule is C#CCO/N=C(\C(=O)N[C@@H]1C(=O)N2C(C(=O)[O-])=C(CSc3nnc(-c4ccc(O)c(O)c4)s3)CS[C@H]12)c1csc(N)n1.[Na+]. The van der Waals surface area contributed by atoms with Crippen LogP contribution in [0.1, 0.15) is 5.69 Å². The number of oxime groups is 1. The summed E-state index contributed by atoms with van der Waals surface area (Å²) in [7, 11) is 0. The predicted molar refractivity (Wildman–Crippen MR) is 154 cm³/mol. The van der Waals surface area contributed by atoms with Crippen LogP contribution in [0.5, 0.6) is 11.5 Å². The van der Waals surface area contributed by atoms with Crippen LogP contribution in [0.15, 0.2) is 44.3 Å². The van der Waals surface area contributed by atoms with Crippen LogP contribution in [-0.2, 0) is 19.2 Å². The van der Waals surface area contributed by atoms with Crippen molar-refractivity contribution in [2.24, 2.45) is 5.16 Å². The number of fused-ring (bicyclic) bond motifs is 1. The van der Waals surface area contributed by atoms with E-state index in [0.29, 0.717) is 20.5 Å². The molecule has 0 spiro atoms. The zero-order valence-electron chi connectivity index (χ0n) is 22.0. The number of nitrogens with one attached hydrogen (secondary N) is 1. The number of thiazole rings is 1. The number of aromatic nitrogens is 3. The maximum atomic E-state index is 13.1. The molecule has 4 heterocycles. The van der Waals surface area contributed by atoms with Crippen LogP contribution in [0.2, 0.25) is 0 Å². The van der Waals surface area contributed by atoms with E-state index in [2.05, 4.69) is 31.6 Å². The topological polar surface area (TPSA) is 216 Å². The standard InChI is InChI=1S/C24H19N7O7S4.Na/c1-2-5-38-30-15(12-9-40-23(25)26-12)18(34)27-16-20(35)31-17(22(36)37)11(7-39-21(16)31)8-41-24-29-28-19(42-24)10-3-4-13(32)14(33)6-10;/h1,3-4,6,9,16,21,32-33H,5,7-8H2,(H2,25,26)(H,27,34)(H,36,37);/q;+1/p-1/b30-15-;/t16-,21-;/m1./s1. The van der Waals surface area contributed by atoms with E-state index in [1.807, 2.05) is 0 Å². The summed E-state index contributed by atoms with van der Waals surface area (Å²) in [6, 6.07) is 3.23. The first-order valence-corrected chi connectivity index (χ1v) is 15.4. The number of anilines is 1. The predicted octanol–water partition coefficient (Wildman–Crippen LogP) is -2.79. The summed E-state index contributed by atoms with van der Waals surface area (Å²) in [5.41, 5.74) is 6.30. The monoisotopic (exact) mass is 667 g/mol. The molecule has 2 atom stereocenters. The molecule has 2 aromatic heterocycles. The van der Waals surface area contributed by atoms with Crippen LogP contribution in [-0.4, -0.2) is 83.3 Å². The van der Waals surface area contributed by atoms with Gasteiger partial charge in [0.05, 0.1) is 11.7 Å². The average molecular weight is 668 g/mol. The third-order valence-electron chi connectivity index (χ3n) is 5.81. The van der Waals surface area contributed by atoms with E-state index in [0.717, 1.165) is 16.2 Å². The van der Waals surface area contributed by atoms with Crippen LogP contribution in [0, 0.1) is 12.3 Å². The third kappa shape index (κ3) is 6.93. The van der Waals surface area contributed by atoms with Gasteiger partial charge in [0.2, 0.25) is 0 Å². The molecule has 2 aliphatic heterocycles. The number of amides is 2. The zero-order chi connectivity index (χ0) is 30.0. The van der Waals surface area contributed by atoms with Gasteiger partial charge in [-0.25, -0.2) is 4.98 Å². The van der Waals surface area contributed by atoms with Crippen molar-refractivity contribution in [1.29, 1.82) is 0 Å². The Kier molecular flexibility index (Phi) is 10.6. The number of thioether (sulfide) groups is 2. The fourth-order valence-corrected chi connectivity index (χ4v) is 7.80. The van der Waals surface area contributed by atoms with Gasteiger partial charge in [0.1, 0.15) is 22.1 Å². The molecule has 0 radical (unpaired) electrons. The molecule has 5 N–H and O–H groups in total. The molecule has 1 aromatic carbocycles. The van der Waals surface area contributed by atoms with E-state index in [4.69, 9.17) is 17.0 Å².